The minimum absolute atomic E-state index is 0.0529. The summed E-state index contributed by atoms with van der Waals surface area (Å²) in [5.74, 6) is 0.0529. The third-order valence-electron chi connectivity index (χ3n) is 3.56. The van der Waals surface area contributed by atoms with Gasteiger partial charge in [-0.25, -0.2) is 0 Å². The summed E-state index contributed by atoms with van der Waals surface area (Å²) in [6.45, 7) is 0. The van der Waals surface area contributed by atoms with Crippen molar-refractivity contribution in [2.75, 3.05) is 0 Å². The Morgan fingerprint density at radius 3 is 2.67 bits per heavy atom. The van der Waals surface area contributed by atoms with Gasteiger partial charge in [0.25, 0.3) is 0 Å². The van der Waals surface area contributed by atoms with Gasteiger partial charge < -0.3 is 5.73 Å². The van der Waals surface area contributed by atoms with Crippen molar-refractivity contribution in [1.29, 1.82) is 0 Å². The number of rotatable bonds is 4. The Kier molecular flexibility index (Phi) is 3.75. The van der Waals surface area contributed by atoms with E-state index in [2.05, 4.69) is 4.98 Å². The summed E-state index contributed by atoms with van der Waals surface area (Å²) < 4.78 is 0. The molecule has 0 bridgehead atoms. The van der Waals surface area contributed by atoms with Crippen LogP contribution in [0.2, 0.25) is 0 Å². The Hall–Kier alpha value is -2.52. The number of Topliss-reactive ketones (excluding diaryl/α,β-unsaturated/α-hetero) is 1. The molecule has 1 atom stereocenters. The number of hydrogen-bond acceptors (Lipinski definition) is 3. The Labute approximate surface area is 123 Å². The van der Waals surface area contributed by atoms with Crippen molar-refractivity contribution in [1.82, 2.24) is 4.98 Å². The summed E-state index contributed by atoms with van der Waals surface area (Å²) in [6.07, 6.45) is 2.05. The van der Waals surface area contributed by atoms with Gasteiger partial charge in [0.15, 0.2) is 5.78 Å². The van der Waals surface area contributed by atoms with Crippen LogP contribution in [0.3, 0.4) is 0 Å². The molecule has 3 aromatic rings. The van der Waals surface area contributed by atoms with E-state index in [1.54, 1.807) is 6.20 Å². The van der Waals surface area contributed by atoms with E-state index in [1.165, 1.54) is 0 Å². The van der Waals surface area contributed by atoms with E-state index < -0.39 is 0 Å². The normalized spacial score (nSPS) is 12.2. The Bertz CT molecular complexity index is 768. The van der Waals surface area contributed by atoms with E-state index in [4.69, 9.17) is 5.73 Å². The second-order valence-corrected chi connectivity index (χ2v) is 5.06. The Morgan fingerprint density at radius 1 is 1.05 bits per heavy atom. The van der Waals surface area contributed by atoms with Crippen LogP contribution in [0.4, 0.5) is 0 Å². The lowest BCUT2D eigenvalue weighted by Crippen LogP contribution is -2.15. The Balaban J connectivity index is 1.80. The predicted octanol–water partition coefficient (Wildman–Crippen LogP) is 3.51. The van der Waals surface area contributed by atoms with Crippen molar-refractivity contribution in [3.63, 3.8) is 0 Å². The van der Waals surface area contributed by atoms with E-state index in [1.807, 2.05) is 60.7 Å². The van der Waals surface area contributed by atoms with Gasteiger partial charge in [0.1, 0.15) is 0 Å². The molecule has 104 valence electrons. The molecule has 0 aliphatic carbocycles. The number of carbonyl (C=O) groups excluding carboxylic acids is 1. The molecular formula is C18H16N2O. The molecule has 0 saturated heterocycles. The van der Waals surface area contributed by atoms with Crippen molar-refractivity contribution in [2.24, 2.45) is 5.73 Å². The Morgan fingerprint density at radius 2 is 1.86 bits per heavy atom. The first-order chi connectivity index (χ1) is 10.2. The highest BCUT2D eigenvalue weighted by atomic mass is 16.1. The van der Waals surface area contributed by atoms with E-state index in [0.717, 1.165) is 16.5 Å². The molecule has 1 aromatic heterocycles. The first kappa shape index (κ1) is 13.5. The SMILES string of the molecule is NC(CC(=O)c1ccc2ncccc2c1)c1ccccc1. The minimum atomic E-state index is -0.275. The van der Waals surface area contributed by atoms with Gasteiger partial charge in [-0.05, 0) is 29.8 Å². The van der Waals surface area contributed by atoms with Crippen LogP contribution < -0.4 is 5.73 Å². The highest BCUT2D eigenvalue weighted by Gasteiger charge is 2.13. The number of carbonyl (C=O) groups is 1. The van der Waals surface area contributed by atoms with Crippen LogP contribution in [0.5, 0.6) is 0 Å². The molecule has 0 amide bonds. The quantitative estimate of drug-likeness (QED) is 0.742. The standard InChI is InChI=1S/C18H16N2O/c19-16(13-5-2-1-3-6-13)12-18(21)15-8-9-17-14(11-15)7-4-10-20-17/h1-11,16H,12,19H2. The van der Waals surface area contributed by atoms with Gasteiger partial charge in [-0.3, -0.25) is 9.78 Å². The van der Waals surface area contributed by atoms with E-state index in [-0.39, 0.29) is 11.8 Å². The second-order valence-electron chi connectivity index (χ2n) is 5.06. The average Bonchev–Trinajstić information content (AvgIpc) is 2.55. The van der Waals surface area contributed by atoms with Crippen molar-refractivity contribution >= 4 is 16.7 Å². The number of aromatic nitrogens is 1. The van der Waals surface area contributed by atoms with Gasteiger partial charge in [0.05, 0.1) is 5.52 Å². The molecule has 2 aromatic carbocycles. The fourth-order valence-electron chi connectivity index (χ4n) is 2.38. The molecule has 3 rings (SSSR count). The maximum Gasteiger partial charge on any atom is 0.164 e. The summed E-state index contributed by atoms with van der Waals surface area (Å²) in [6, 6.07) is 18.8. The third-order valence-corrected chi connectivity index (χ3v) is 3.56. The van der Waals surface area contributed by atoms with Crippen molar-refractivity contribution in [3.05, 3.63) is 78.0 Å². The molecular weight excluding hydrogens is 260 g/mol. The van der Waals surface area contributed by atoms with Crippen molar-refractivity contribution in [2.45, 2.75) is 12.5 Å². The van der Waals surface area contributed by atoms with Crippen molar-refractivity contribution in [3.8, 4) is 0 Å². The van der Waals surface area contributed by atoms with Crippen LogP contribution in [0.25, 0.3) is 10.9 Å². The van der Waals surface area contributed by atoms with Crippen LogP contribution in [0.1, 0.15) is 28.4 Å². The fraction of sp³-hybridized carbons (Fsp3) is 0.111. The van der Waals surface area contributed by atoms with Gasteiger partial charge in [0.2, 0.25) is 0 Å². The number of ketones is 1. The predicted molar refractivity (Wildman–Crippen MR) is 84.1 cm³/mol. The van der Waals surface area contributed by atoms with Gasteiger partial charge >= 0.3 is 0 Å². The molecule has 3 nitrogen and oxygen atoms in total. The van der Waals surface area contributed by atoms with Crippen molar-refractivity contribution < 1.29 is 4.79 Å². The summed E-state index contributed by atoms with van der Waals surface area (Å²) in [7, 11) is 0. The van der Waals surface area contributed by atoms with E-state index in [0.29, 0.717) is 12.0 Å². The zero-order valence-corrected chi connectivity index (χ0v) is 11.6. The number of benzene rings is 2. The lowest BCUT2D eigenvalue weighted by atomic mass is 9.98. The number of nitrogens with two attached hydrogens (primary N) is 1. The highest BCUT2D eigenvalue weighted by molar-refractivity contribution is 5.99. The molecule has 0 fully saturated rings. The fourth-order valence-corrected chi connectivity index (χ4v) is 2.38. The molecule has 0 aliphatic rings. The van der Waals surface area contributed by atoms with E-state index >= 15 is 0 Å². The third kappa shape index (κ3) is 2.98. The molecule has 0 spiro atoms. The summed E-state index contributed by atoms with van der Waals surface area (Å²) in [5.41, 5.74) is 8.67. The second kappa shape index (κ2) is 5.85. The van der Waals surface area contributed by atoms with Crippen LogP contribution in [-0.4, -0.2) is 10.8 Å². The first-order valence-electron chi connectivity index (χ1n) is 6.92. The number of pyridine rings is 1. The lowest BCUT2D eigenvalue weighted by Gasteiger charge is -2.11. The van der Waals surface area contributed by atoms with Crippen LogP contribution in [0, 0.1) is 0 Å². The highest BCUT2D eigenvalue weighted by Crippen LogP contribution is 2.19. The van der Waals surface area contributed by atoms with Crippen LogP contribution >= 0.6 is 0 Å². The molecule has 2 N–H and O–H groups in total. The van der Waals surface area contributed by atoms with E-state index in [9.17, 15) is 4.79 Å². The maximum absolute atomic E-state index is 12.4. The summed E-state index contributed by atoms with van der Waals surface area (Å²) >= 11 is 0. The van der Waals surface area contributed by atoms with Gasteiger partial charge in [-0.15, -0.1) is 0 Å². The molecule has 21 heavy (non-hydrogen) atoms. The smallest absolute Gasteiger partial charge is 0.164 e. The minimum Gasteiger partial charge on any atom is -0.324 e. The molecule has 0 radical (unpaired) electrons. The molecule has 1 heterocycles. The number of fused-ring (bicyclic) bond motifs is 1. The summed E-state index contributed by atoms with van der Waals surface area (Å²) in [5, 5.41) is 0.969. The lowest BCUT2D eigenvalue weighted by molar-refractivity contribution is 0.0974. The molecule has 0 aliphatic heterocycles. The topological polar surface area (TPSA) is 56.0 Å². The van der Waals surface area contributed by atoms with Gasteiger partial charge in [-0.1, -0.05) is 36.4 Å². The molecule has 0 saturated carbocycles. The molecule has 3 heteroatoms. The average molecular weight is 276 g/mol. The zero-order chi connectivity index (χ0) is 14.7. The van der Waals surface area contributed by atoms with Crippen LogP contribution in [-0.2, 0) is 0 Å². The monoisotopic (exact) mass is 276 g/mol. The number of hydrogen-bond donors (Lipinski definition) is 1. The summed E-state index contributed by atoms with van der Waals surface area (Å²) in [4.78, 5) is 16.6. The van der Waals surface area contributed by atoms with Gasteiger partial charge in [-0.2, -0.15) is 0 Å². The largest absolute Gasteiger partial charge is 0.324 e. The zero-order valence-electron chi connectivity index (χ0n) is 11.6. The first-order valence-corrected chi connectivity index (χ1v) is 6.92. The van der Waals surface area contributed by atoms with Gasteiger partial charge in [0, 0.05) is 29.6 Å². The molecule has 1 unspecified atom stereocenters. The maximum atomic E-state index is 12.4. The number of nitrogens with zero attached hydrogens (tertiary/aromatic N) is 1. The van der Waals surface area contributed by atoms with Crippen LogP contribution in [0.15, 0.2) is 66.9 Å².